The largest absolute Gasteiger partial charge is 0.329 e. The minimum atomic E-state index is -0.649. The first-order chi connectivity index (χ1) is 16.4. The van der Waals surface area contributed by atoms with Gasteiger partial charge in [0.2, 0.25) is 11.8 Å². The predicted molar refractivity (Wildman–Crippen MR) is 136 cm³/mol. The van der Waals surface area contributed by atoms with E-state index < -0.39 is 11.9 Å². The fourth-order valence-electron chi connectivity index (χ4n) is 5.03. The van der Waals surface area contributed by atoms with E-state index in [0.29, 0.717) is 6.42 Å². The Morgan fingerprint density at radius 1 is 1.00 bits per heavy atom. The highest BCUT2D eigenvalue weighted by Gasteiger charge is 2.31. The number of fused-ring (bicyclic) bond motifs is 1. The van der Waals surface area contributed by atoms with Crippen LogP contribution in [-0.4, -0.2) is 64.0 Å². The van der Waals surface area contributed by atoms with Crippen LogP contribution < -0.4 is 11.0 Å². The average molecular weight is 472 g/mol. The van der Waals surface area contributed by atoms with E-state index in [1.54, 1.807) is 16.2 Å². The molecule has 0 bridgehead atoms. The first kappa shape index (κ1) is 26.2. The summed E-state index contributed by atoms with van der Waals surface area (Å²) in [5.41, 5.74) is 2.47. The molecule has 188 valence electrons. The van der Waals surface area contributed by atoms with Crippen molar-refractivity contribution in [2.24, 2.45) is 7.05 Å². The highest BCUT2D eigenvalue weighted by molar-refractivity contribution is 6.00. The topological polar surface area (TPSA) is 79.6 Å². The summed E-state index contributed by atoms with van der Waals surface area (Å²) >= 11 is 0. The highest BCUT2D eigenvalue weighted by Crippen LogP contribution is 2.25. The number of nitrogens with one attached hydrogen (secondary N) is 1. The Balaban J connectivity index is 1.59. The number of carbonyl (C=O) groups excluding carboxylic acids is 2. The van der Waals surface area contributed by atoms with Gasteiger partial charge in [0.25, 0.3) is 0 Å². The van der Waals surface area contributed by atoms with Gasteiger partial charge in [0, 0.05) is 20.0 Å². The second-order valence-electron chi connectivity index (χ2n) is 9.50. The Kier molecular flexibility index (Phi) is 9.47. The van der Waals surface area contributed by atoms with Gasteiger partial charge in [-0.15, -0.1) is 0 Å². The van der Waals surface area contributed by atoms with Gasteiger partial charge >= 0.3 is 5.69 Å². The minimum absolute atomic E-state index is 0.218. The van der Waals surface area contributed by atoms with E-state index in [2.05, 4.69) is 42.1 Å². The number of aryl methyl sites for hydroxylation is 1. The van der Waals surface area contributed by atoms with E-state index in [1.165, 1.54) is 32.2 Å². The van der Waals surface area contributed by atoms with Gasteiger partial charge in [0.15, 0.2) is 0 Å². The quantitative estimate of drug-likeness (QED) is 0.359. The third-order valence-corrected chi connectivity index (χ3v) is 7.06. The molecule has 1 saturated heterocycles. The van der Waals surface area contributed by atoms with Crippen LogP contribution in [0, 0.1) is 0 Å². The van der Waals surface area contributed by atoms with E-state index in [1.807, 2.05) is 12.1 Å². The van der Waals surface area contributed by atoms with Crippen LogP contribution in [0.15, 0.2) is 23.0 Å². The lowest BCUT2D eigenvalue weighted by Crippen LogP contribution is -2.44. The fourth-order valence-corrected chi connectivity index (χ4v) is 5.03. The molecule has 8 nitrogen and oxygen atoms in total. The van der Waals surface area contributed by atoms with Crippen molar-refractivity contribution in [3.8, 4) is 0 Å². The van der Waals surface area contributed by atoms with Gasteiger partial charge in [-0.1, -0.05) is 45.2 Å². The Hall–Kier alpha value is -2.45. The number of rotatable bonds is 13. The number of imide groups is 1. The molecular weight excluding hydrogens is 430 g/mol. The number of benzene rings is 1. The summed E-state index contributed by atoms with van der Waals surface area (Å²) in [6.45, 7) is 9.67. The van der Waals surface area contributed by atoms with E-state index in [9.17, 15) is 14.4 Å². The second kappa shape index (κ2) is 12.3. The van der Waals surface area contributed by atoms with Crippen molar-refractivity contribution in [3.63, 3.8) is 0 Å². The SMILES string of the molecule is CCN(CC)CCCCCCCN(C)Cc1cccc2c1n(C)c(=O)n2C1CCC(=O)NC1=O. The number of imidazole rings is 1. The van der Waals surface area contributed by atoms with Crippen LogP contribution in [0.4, 0.5) is 0 Å². The second-order valence-corrected chi connectivity index (χ2v) is 9.50. The van der Waals surface area contributed by atoms with Gasteiger partial charge in [-0.2, -0.15) is 0 Å². The summed E-state index contributed by atoms with van der Waals surface area (Å²) in [7, 11) is 3.88. The number of nitrogens with zero attached hydrogens (tertiary/aromatic N) is 4. The van der Waals surface area contributed by atoms with Crippen LogP contribution in [-0.2, 0) is 23.2 Å². The Morgan fingerprint density at radius 3 is 2.35 bits per heavy atom. The van der Waals surface area contributed by atoms with Crippen molar-refractivity contribution in [2.75, 3.05) is 33.2 Å². The first-order valence-electron chi connectivity index (χ1n) is 12.8. The van der Waals surface area contributed by atoms with Crippen molar-refractivity contribution in [2.45, 2.75) is 71.4 Å². The smallest absolute Gasteiger partial charge is 0.304 e. The van der Waals surface area contributed by atoms with Crippen LogP contribution in [0.3, 0.4) is 0 Å². The maximum atomic E-state index is 13.1. The Bertz CT molecular complexity index is 1040. The summed E-state index contributed by atoms with van der Waals surface area (Å²) in [5, 5.41) is 2.37. The molecule has 1 aromatic carbocycles. The minimum Gasteiger partial charge on any atom is -0.304 e. The van der Waals surface area contributed by atoms with Crippen molar-refractivity contribution in [1.82, 2.24) is 24.3 Å². The molecule has 0 radical (unpaired) electrons. The van der Waals surface area contributed by atoms with Gasteiger partial charge in [-0.3, -0.25) is 24.0 Å². The molecule has 1 fully saturated rings. The molecule has 1 aliphatic heterocycles. The number of piperidine rings is 1. The standard InChI is InChI=1S/C26H41N5O3/c1-5-30(6-2)18-11-9-7-8-10-17-28(3)19-20-13-12-14-21-24(20)29(4)26(34)31(21)22-15-16-23(32)27-25(22)33/h12-14,22H,5-11,15-19H2,1-4H3,(H,27,32,33). The summed E-state index contributed by atoms with van der Waals surface area (Å²) < 4.78 is 3.19. The maximum absolute atomic E-state index is 13.1. The molecular formula is C26H41N5O3. The zero-order valence-corrected chi connectivity index (χ0v) is 21.3. The van der Waals surface area contributed by atoms with Gasteiger partial charge < -0.3 is 9.80 Å². The van der Waals surface area contributed by atoms with Crippen LogP contribution in [0.5, 0.6) is 0 Å². The molecule has 1 aromatic heterocycles. The lowest BCUT2D eigenvalue weighted by molar-refractivity contribution is -0.135. The van der Waals surface area contributed by atoms with Crippen molar-refractivity contribution >= 4 is 22.8 Å². The van der Waals surface area contributed by atoms with Gasteiger partial charge in [0.05, 0.1) is 11.0 Å². The summed E-state index contributed by atoms with van der Waals surface area (Å²) in [4.78, 5) is 41.9. The van der Waals surface area contributed by atoms with Crippen molar-refractivity contribution < 1.29 is 9.59 Å². The van der Waals surface area contributed by atoms with Gasteiger partial charge in [0.1, 0.15) is 6.04 Å². The van der Waals surface area contributed by atoms with Crippen molar-refractivity contribution in [1.29, 1.82) is 0 Å². The predicted octanol–water partition coefficient (Wildman–Crippen LogP) is 3.04. The molecule has 1 N–H and O–H groups in total. The Labute approximate surface area is 202 Å². The molecule has 0 saturated carbocycles. The Morgan fingerprint density at radius 2 is 1.68 bits per heavy atom. The number of hydrogen-bond donors (Lipinski definition) is 1. The highest BCUT2D eigenvalue weighted by atomic mass is 16.2. The van der Waals surface area contributed by atoms with E-state index in [4.69, 9.17) is 0 Å². The zero-order valence-electron chi connectivity index (χ0n) is 21.3. The zero-order chi connectivity index (χ0) is 24.7. The summed E-state index contributed by atoms with van der Waals surface area (Å²) in [5.74, 6) is -0.675. The van der Waals surface area contributed by atoms with E-state index in [0.717, 1.165) is 49.2 Å². The molecule has 1 unspecified atom stereocenters. The summed E-state index contributed by atoms with van der Waals surface area (Å²) in [6, 6.07) is 5.25. The number of para-hydroxylation sites is 1. The lowest BCUT2D eigenvalue weighted by Gasteiger charge is -2.22. The number of unbranched alkanes of at least 4 members (excludes halogenated alkanes) is 4. The number of hydrogen-bond acceptors (Lipinski definition) is 5. The van der Waals surface area contributed by atoms with Crippen LogP contribution in [0.1, 0.15) is 70.4 Å². The van der Waals surface area contributed by atoms with Crippen LogP contribution in [0.25, 0.3) is 11.0 Å². The van der Waals surface area contributed by atoms with Crippen molar-refractivity contribution in [3.05, 3.63) is 34.2 Å². The molecule has 1 atom stereocenters. The van der Waals surface area contributed by atoms with E-state index in [-0.39, 0.29) is 18.0 Å². The summed E-state index contributed by atoms with van der Waals surface area (Å²) in [6.07, 6.45) is 6.83. The monoisotopic (exact) mass is 471 g/mol. The molecule has 2 aromatic rings. The van der Waals surface area contributed by atoms with Gasteiger partial charge in [-0.25, -0.2) is 4.79 Å². The fraction of sp³-hybridized carbons (Fsp3) is 0.654. The first-order valence-corrected chi connectivity index (χ1v) is 12.8. The third kappa shape index (κ3) is 6.16. The molecule has 1 aliphatic rings. The normalized spacial score (nSPS) is 16.7. The number of carbonyl (C=O) groups is 2. The molecule has 8 heteroatoms. The van der Waals surface area contributed by atoms with Gasteiger partial charge in [-0.05, 0) is 64.1 Å². The molecule has 0 spiro atoms. The lowest BCUT2D eigenvalue weighted by atomic mass is 10.1. The average Bonchev–Trinajstić information content (AvgIpc) is 3.07. The molecule has 2 amide bonds. The van der Waals surface area contributed by atoms with Crippen LogP contribution in [0.2, 0.25) is 0 Å². The molecule has 2 heterocycles. The molecule has 3 rings (SSSR count). The molecule has 34 heavy (non-hydrogen) atoms. The van der Waals surface area contributed by atoms with E-state index >= 15 is 0 Å². The number of aromatic nitrogens is 2. The maximum Gasteiger partial charge on any atom is 0.329 e. The van der Waals surface area contributed by atoms with Crippen LogP contribution >= 0.6 is 0 Å². The molecule has 0 aliphatic carbocycles. The number of amides is 2. The third-order valence-electron chi connectivity index (χ3n) is 7.06.